The van der Waals surface area contributed by atoms with Gasteiger partial charge in [-0.1, -0.05) is 11.6 Å². The molecule has 0 bridgehead atoms. The topological polar surface area (TPSA) is 26.0 Å². The number of nitrogens with two attached hydrogens (primary N) is 1. The van der Waals surface area contributed by atoms with E-state index in [9.17, 15) is 4.39 Å². The minimum absolute atomic E-state index is 0.0757. The first-order valence-electron chi connectivity index (χ1n) is 4.49. The molecule has 0 unspecified atom stereocenters. The van der Waals surface area contributed by atoms with Crippen LogP contribution in [0, 0.1) is 5.82 Å². The van der Waals surface area contributed by atoms with Crippen molar-refractivity contribution in [1.29, 1.82) is 0 Å². The van der Waals surface area contributed by atoms with E-state index < -0.39 is 0 Å². The Morgan fingerprint density at radius 1 is 1.50 bits per heavy atom. The summed E-state index contributed by atoms with van der Waals surface area (Å²) in [5, 5.41) is 0.504. The predicted octanol–water partition coefficient (Wildman–Crippen LogP) is 3.12. The lowest BCUT2D eigenvalue weighted by molar-refractivity contribution is 0.616. The fraction of sp³-hybridized carbons (Fsp3) is 0.400. The van der Waals surface area contributed by atoms with E-state index in [-0.39, 0.29) is 11.9 Å². The van der Waals surface area contributed by atoms with Crippen molar-refractivity contribution in [2.75, 3.05) is 5.75 Å². The highest BCUT2D eigenvalue weighted by atomic mass is 35.5. The van der Waals surface area contributed by atoms with E-state index in [2.05, 4.69) is 0 Å². The van der Waals surface area contributed by atoms with Gasteiger partial charge in [0.1, 0.15) is 5.82 Å². The van der Waals surface area contributed by atoms with Crippen LogP contribution in [0.15, 0.2) is 12.1 Å². The van der Waals surface area contributed by atoms with E-state index in [0.29, 0.717) is 5.02 Å². The van der Waals surface area contributed by atoms with E-state index in [4.69, 9.17) is 17.3 Å². The van der Waals surface area contributed by atoms with Gasteiger partial charge in [-0.25, -0.2) is 4.39 Å². The van der Waals surface area contributed by atoms with Crippen LogP contribution in [0.5, 0.6) is 0 Å². The summed E-state index contributed by atoms with van der Waals surface area (Å²) in [4.78, 5) is 0. The molecule has 2 N–H and O–H groups in total. The SMILES string of the molecule is N[C@@H]1CCSCc2c(Cl)cc(F)cc21. The summed E-state index contributed by atoms with van der Waals surface area (Å²) in [5.41, 5.74) is 7.82. The molecule has 2 rings (SSSR count). The summed E-state index contributed by atoms with van der Waals surface area (Å²) < 4.78 is 13.1. The van der Waals surface area contributed by atoms with Gasteiger partial charge in [0.25, 0.3) is 0 Å². The van der Waals surface area contributed by atoms with Gasteiger partial charge < -0.3 is 5.73 Å². The second-order valence-corrected chi connectivity index (χ2v) is 4.92. The van der Waals surface area contributed by atoms with Crippen LogP contribution in [-0.2, 0) is 5.75 Å². The molecule has 1 nitrogen and oxygen atoms in total. The first kappa shape index (κ1) is 10.3. The van der Waals surface area contributed by atoms with Crippen LogP contribution in [0.4, 0.5) is 4.39 Å². The summed E-state index contributed by atoms with van der Waals surface area (Å²) >= 11 is 7.77. The zero-order chi connectivity index (χ0) is 10.1. The third-order valence-corrected chi connectivity index (χ3v) is 3.77. The summed E-state index contributed by atoms with van der Waals surface area (Å²) in [7, 11) is 0. The number of halogens is 2. The first-order chi connectivity index (χ1) is 6.68. The van der Waals surface area contributed by atoms with Gasteiger partial charge >= 0.3 is 0 Å². The number of thioether (sulfide) groups is 1. The molecular formula is C10H11ClFNS. The van der Waals surface area contributed by atoms with Gasteiger partial charge in [-0.15, -0.1) is 0 Å². The van der Waals surface area contributed by atoms with Crippen LogP contribution in [0.25, 0.3) is 0 Å². The molecule has 0 saturated heterocycles. The maximum Gasteiger partial charge on any atom is 0.125 e. The van der Waals surface area contributed by atoms with Crippen molar-refractivity contribution >= 4 is 23.4 Å². The van der Waals surface area contributed by atoms with E-state index in [0.717, 1.165) is 29.1 Å². The highest BCUT2D eigenvalue weighted by molar-refractivity contribution is 7.98. The maximum atomic E-state index is 13.1. The Hall–Kier alpha value is -0.250. The van der Waals surface area contributed by atoms with Gasteiger partial charge in [-0.05, 0) is 35.4 Å². The van der Waals surface area contributed by atoms with Crippen LogP contribution in [0.1, 0.15) is 23.6 Å². The number of rotatable bonds is 0. The molecule has 0 aliphatic carbocycles. The molecule has 1 aromatic carbocycles. The zero-order valence-electron chi connectivity index (χ0n) is 7.59. The van der Waals surface area contributed by atoms with Crippen molar-refractivity contribution in [1.82, 2.24) is 0 Å². The molecule has 0 amide bonds. The molecular weight excluding hydrogens is 221 g/mol. The average molecular weight is 232 g/mol. The van der Waals surface area contributed by atoms with Crippen LogP contribution < -0.4 is 5.73 Å². The number of hydrogen-bond donors (Lipinski definition) is 1. The lowest BCUT2D eigenvalue weighted by Crippen LogP contribution is -2.12. The third-order valence-electron chi connectivity index (χ3n) is 2.41. The van der Waals surface area contributed by atoms with Crippen LogP contribution >= 0.6 is 23.4 Å². The first-order valence-corrected chi connectivity index (χ1v) is 6.03. The molecule has 0 fully saturated rings. The minimum atomic E-state index is -0.295. The molecule has 1 aromatic rings. The second-order valence-electron chi connectivity index (χ2n) is 3.40. The predicted molar refractivity (Wildman–Crippen MR) is 59.1 cm³/mol. The van der Waals surface area contributed by atoms with Crippen molar-refractivity contribution < 1.29 is 4.39 Å². The van der Waals surface area contributed by atoms with Crippen LogP contribution in [0.3, 0.4) is 0 Å². The van der Waals surface area contributed by atoms with E-state index in [1.54, 1.807) is 11.8 Å². The highest BCUT2D eigenvalue weighted by Gasteiger charge is 2.18. The van der Waals surface area contributed by atoms with Crippen molar-refractivity contribution in [3.63, 3.8) is 0 Å². The zero-order valence-corrected chi connectivity index (χ0v) is 9.17. The number of hydrogen-bond acceptors (Lipinski definition) is 2. The minimum Gasteiger partial charge on any atom is -0.324 e. The largest absolute Gasteiger partial charge is 0.324 e. The molecule has 0 aromatic heterocycles. The molecule has 14 heavy (non-hydrogen) atoms. The summed E-state index contributed by atoms with van der Waals surface area (Å²) in [6, 6.07) is 2.80. The standard InChI is InChI=1S/C10H11ClFNS/c11-9-4-6(12)3-7-8(9)5-14-2-1-10(7)13/h3-4,10H,1-2,5,13H2/t10-/m1/s1. The highest BCUT2D eigenvalue weighted by Crippen LogP contribution is 2.34. The summed E-state index contributed by atoms with van der Waals surface area (Å²) in [6.07, 6.45) is 0.886. The Labute approximate surface area is 91.8 Å². The van der Waals surface area contributed by atoms with E-state index in [1.807, 2.05) is 0 Å². The lowest BCUT2D eigenvalue weighted by atomic mass is 10.00. The van der Waals surface area contributed by atoms with Crippen molar-refractivity contribution in [2.24, 2.45) is 5.73 Å². The average Bonchev–Trinajstić information content (AvgIpc) is 2.29. The van der Waals surface area contributed by atoms with Gasteiger partial charge in [-0.3, -0.25) is 0 Å². The fourth-order valence-electron chi connectivity index (χ4n) is 1.65. The quantitative estimate of drug-likeness (QED) is 0.743. The molecule has 0 saturated carbocycles. The van der Waals surface area contributed by atoms with Crippen LogP contribution in [0.2, 0.25) is 5.02 Å². The smallest absolute Gasteiger partial charge is 0.125 e. The molecule has 0 spiro atoms. The van der Waals surface area contributed by atoms with Crippen LogP contribution in [-0.4, -0.2) is 5.75 Å². The van der Waals surface area contributed by atoms with Gasteiger partial charge in [0.2, 0.25) is 0 Å². The molecule has 0 radical (unpaired) electrons. The molecule has 76 valence electrons. The molecule has 1 heterocycles. The van der Waals surface area contributed by atoms with Gasteiger partial charge in [0.15, 0.2) is 0 Å². The lowest BCUT2D eigenvalue weighted by Gasteiger charge is -2.13. The Morgan fingerprint density at radius 2 is 2.29 bits per heavy atom. The van der Waals surface area contributed by atoms with Crippen molar-refractivity contribution in [3.8, 4) is 0 Å². The normalized spacial score (nSPS) is 21.5. The van der Waals surface area contributed by atoms with E-state index in [1.165, 1.54) is 12.1 Å². The van der Waals surface area contributed by atoms with Gasteiger partial charge in [0.05, 0.1) is 0 Å². The second kappa shape index (κ2) is 4.09. The molecule has 1 aliphatic heterocycles. The molecule has 1 aliphatic rings. The summed E-state index contributed by atoms with van der Waals surface area (Å²) in [6.45, 7) is 0. The molecule has 1 atom stereocenters. The van der Waals surface area contributed by atoms with Crippen molar-refractivity contribution in [2.45, 2.75) is 18.2 Å². The van der Waals surface area contributed by atoms with Crippen molar-refractivity contribution in [3.05, 3.63) is 34.1 Å². The number of benzene rings is 1. The summed E-state index contributed by atoms with van der Waals surface area (Å²) in [5.74, 6) is 1.55. The molecule has 4 heteroatoms. The van der Waals surface area contributed by atoms with Gasteiger partial charge in [0, 0.05) is 16.8 Å². The Kier molecular flexibility index (Phi) is 3.00. The third kappa shape index (κ3) is 1.90. The Morgan fingerprint density at radius 3 is 3.07 bits per heavy atom. The Bertz CT molecular complexity index is 356. The van der Waals surface area contributed by atoms with E-state index >= 15 is 0 Å². The Balaban J connectivity index is 2.53. The number of fused-ring (bicyclic) bond motifs is 1. The monoisotopic (exact) mass is 231 g/mol. The maximum absolute atomic E-state index is 13.1. The van der Waals surface area contributed by atoms with Gasteiger partial charge in [-0.2, -0.15) is 11.8 Å². The fourth-order valence-corrected chi connectivity index (χ4v) is 3.10.